The summed E-state index contributed by atoms with van der Waals surface area (Å²) in [6.07, 6.45) is 4.31. The third-order valence-corrected chi connectivity index (χ3v) is 3.10. The highest BCUT2D eigenvalue weighted by Crippen LogP contribution is 2.31. The quantitative estimate of drug-likeness (QED) is 0.675. The van der Waals surface area contributed by atoms with Crippen LogP contribution in [0.15, 0.2) is 0 Å². The van der Waals surface area contributed by atoms with Gasteiger partial charge in [-0.3, -0.25) is 4.79 Å². The van der Waals surface area contributed by atoms with Crippen molar-refractivity contribution in [3.63, 3.8) is 0 Å². The minimum Gasteiger partial charge on any atom is -0.354 e. The van der Waals surface area contributed by atoms with Gasteiger partial charge in [0.2, 0.25) is 5.91 Å². The number of carbonyl (C=O) groups excluding carboxylic acids is 1. The number of hydrogen-bond donors (Lipinski definition) is 2. The first-order chi connectivity index (χ1) is 6.69. The molecule has 14 heavy (non-hydrogen) atoms. The van der Waals surface area contributed by atoms with Gasteiger partial charge in [-0.15, -0.1) is 0 Å². The largest absolute Gasteiger partial charge is 0.354 e. The van der Waals surface area contributed by atoms with E-state index in [0.717, 1.165) is 12.8 Å². The monoisotopic (exact) mass is 198 g/mol. The van der Waals surface area contributed by atoms with Gasteiger partial charge < -0.3 is 11.1 Å². The van der Waals surface area contributed by atoms with E-state index >= 15 is 0 Å². The van der Waals surface area contributed by atoms with Crippen molar-refractivity contribution >= 4 is 5.91 Å². The summed E-state index contributed by atoms with van der Waals surface area (Å²) in [7, 11) is 0. The molecule has 3 heteroatoms. The normalized spacial score (nSPS) is 18.3. The van der Waals surface area contributed by atoms with Crippen LogP contribution in [0.25, 0.3) is 0 Å². The highest BCUT2D eigenvalue weighted by atomic mass is 16.1. The van der Waals surface area contributed by atoms with Crippen LogP contribution in [0.2, 0.25) is 0 Å². The molecule has 1 fully saturated rings. The number of carbonyl (C=O) groups is 1. The maximum Gasteiger partial charge on any atom is 0.223 e. The van der Waals surface area contributed by atoms with Crippen LogP contribution in [-0.2, 0) is 4.79 Å². The topological polar surface area (TPSA) is 55.1 Å². The molecule has 3 nitrogen and oxygen atoms in total. The van der Waals surface area contributed by atoms with Gasteiger partial charge in [0.25, 0.3) is 0 Å². The molecule has 0 saturated heterocycles. The Hall–Kier alpha value is -0.570. The third-order valence-electron chi connectivity index (χ3n) is 3.10. The minimum atomic E-state index is 0.168. The highest BCUT2D eigenvalue weighted by molar-refractivity contribution is 5.78. The molecule has 0 aromatic heterocycles. The van der Waals surface area contributed by atoms with Gasteiger partial charge in [0, 0.05) is 18.5 Å². The molecule has 0 radical (unpaired) electrons. The van der Waals surface area contributed by atoms with Crippen molar-refractivity contribution in [1.82, 2.24) is 5.32 Å². The number of nitrogens with two attached hydrogens (primary N) is 1. The van der Waals surface area contributed by atoms with Gasteiger partial charge in [0.05, 0.1) is 0 Å². The molecule has 1 aliphatic rings. The van der Waals surface area contributed by atoms with Crippen molar-refractivity contribution in [3.05, 3.63) is 0 Å². The lowest BCUT2D eigenvalue weighted by atomic mass is 10.0. The van der Waals surface area contributed by atoms with E-state index in [2.05, 4.69) is 19.2 Å². The van der Waals surface area contributed by atoms with Gasteiger partial charge in [0.1, 0.15) is 0 Å². The van der Waals surface area contributed by atoms with Crippen LogP contribution in [0, 0.1) is 11.8 Å². The van der Waals surface area contributed by atoms with Crippen molar-refractivity contribution in [2.45, 2.75) is 45.6 Å². The Bertz CT molecular complexity index is 186. The molecule has 1 rings (SSSR count). The molecule has 0 aliphatic heterocycles. The van der Waals surface area contributed by atoms with Crippen molar-refractivity contribution in [1.29, 1.82) is 0 Å². The van der Waals surface area contributed by atoms with E-state index in [1.807, 2.05) is 0 Å². The summed E-state index contributed by atoms with van der Waals surface area (Å²) in [5.74, 6) is 1.00. The summed E-state index contributed by atoms with van der Waals surface area (Å²) in [5.41, 5.74) is 5.90. The molecule has 0 aromatic rings. The number of amides is 1. The first kappa shape index (κ1) is 11.5. The van der Waals surface area contributed by atoms with Gasteiger partial charge in [-0.2, -0.15) is 0 Å². The molecule has 1 aliphatic carbocycles. The molecule has 1 saturated carbocycles. The van der Waals surface area contributed by atoms with Crippen LogP contribution in [0.5, 0.6) is 0 Å². The van der Waals surface area contributed by atoms with E-state index in [9.17, 15) is 4.79 Å². The van der Waals surface area contributed by atoms with Gasteiger partial charge >= 0.3 is 0 Å². The molecule has 0 aromatic carbocycles. The van der Waals surface area contributed by atoms with E-state index < -0.39 is 0 Å². The average molecular weight is 198 g/mol. The van der Waals surface area contributed by atoms with E-state index in [1.54, 1.807) is 0 Å². The van der Waals surface area contributed by atoms with Crippen molar-refractivity contribution in [2.75, 3.05) is 6.54 Å². The van der Waals surface area contributed by atoms with Gasteiger partial charge in [-0.1, -0.05) is 13.8 Å². The zero-order chi connectivity index (χ0) is 10.6. The molecule has 82 valence electrons. The first-order valence-corrected chi connectivity index (χ1v) is 5.72. The van der Waals surface area contributed by atoms with Crippen molar-refractivity contribution in [3.8, 4) is 0 Å². The molecule has 3 N–H and O–H groups in total. The Labute approximate surface area is 86.4 Å². The predicted molar refractivity (Wildman–Crippen MR) is 57.8 cm³/mol. The zero-order valence-corrected chi connectivity index (χ0v) is 9.25. The predicted octanol–water partition coefficient (Wildman–Crippen LogP) is 1.28. The molecular formula is C11H22N2O. The van der Waals surface area contributed by atoms with E-state index in [-0.39, 0.29) is 17.9 Å². The zero-order valence-electron chi connectivity index (χ0n) is 9.25. The molecule has 0 bridgehead atoms. The maximum atomic E-state index is 11.6. The second kappa shape index (κ2) is 5.35. The summed E-state index contributed by atoms with van der Waals surface area (Å²) in [5, 5.41) is 2.94. The van der Waals surface area contributed by atoms with Gasteiger partial charge in [0.15, 0.2) is 0 Å². The van der Waals surface area contributed by atoms with E-state index in [0.29, 0.717) is 12.5 Å². The smallest absolute Gasteiger partial charge is 0.223 e. The molecule has 0 heterocycles. The molecule has 0 spiro atoms. The van der Waals surface area contributed by atoms with Crippen molar-refractivity contribution in [2.24, 2.45) is 17.6 Å². The molecule has 1 unspecified atom stereocenters. The van der Waals surface area contributed by atoms with Crippen LogP contribution in [0.3, 0.4) is 0 Å². The lowest BCUT2D eigenvalue weighted by Gasteiger charge is -2.15. The second-order valence-corrected chi connectivity index (χ2v) is 4.26. The summed E-state index contributed by atoms with van der Waals surface area (Å²) in [6, 6.07) is 0.174. The first-order valence-electron chi connectivity index (χ1n) is 5.72. The fourth-order valence-corrected chi connectivity index (χ4v) is 1.71. The number of hydrogen-bond acceptors (Lipinski definition) is 2. The van der Waals surface area contributed by atoms with Gasteiger partial charge in [-0.25, -0.2) is 0 Å². The fourth-order valence-electron chi connectivity index (χ4n) is 1.71. The van der Waals surface area contributed by atoms with Crippen LogP contribution < -0.4 is 11.1 Å². The highest BCUT2D eigenvalue weighted by Gasteiger charge is 2.28. The van der Waals surface area contributed by atoms with Crippen LogP contribution >= 0.6 is 0 Å². The van der Waals surface area contributed by atoms with Crippen LogP contribution in [-0.4, -0.2) is 18.5 Å². The Balaban J connectivity index is 2.18. The number of nitrogens with one attached hydrogen (secondary N) is 1. The lowest BCUT2D eigenvalue weighted by molar-refractivity contribution is -0.125. The summed E-state index contributed by atoms with van der Waals surface area (Å²) in [4.78, 5) is 11.6. The SMILES string of the molecule is CCC(CC)C(=O)NCC(N)C1CC1. The third kappa shape index (κ3) is 3.29. The standard InChI is InChI=1S/C11H22N2O/c1-3-8(4-2)11(14)13-7-10(12)9-5-6-9/h8-10H,3-7,12H2,1-2H3,(H,13,14). The molecular weight excluding hydrogens is 176 g/mol. The van der Waals surface area contributed by atoms with E-state index in [1.165, 1.54) is 12.8 Å². The average Bonchev–Trinajstić information content (AvgIpc) is 2.99. The van der Waals surface area contributed by atoms with Crippen LogP contribution in [0.4, 0.5) is 0 Å². The Morgan fingerprint density at radius 1 is 1.43 bits per heavy atom. The maximum absolute atomic E-state index is 11.6. The molecule has 1 amide bonds. The summed E-state index contributed by atoms with van der Waals surface area (Å²) < 4.78 is 0. The van der Waals surface area contributed by atoms with Crippen LogP contribution in [0.1, 0.15) is 39.5 Å². The minimum absolute atomic E-state index is 0.168. The van der Waals surface area contributed by atoms with E-state index in [4.69, 9.17) is 5.73 Å². The Morgan fingerprint density at radius 3 is 2.43 bits per heavy atom. The Morgan fingerprint density at radius 2 is 2.00 bits per heavy atom. The summed E-state index contributed by atoms with van der Waals surface area (Å²) >= 11 is 0. The second-order valence-electron chi connectivity index (χ2n) is 4.26. The van der Waals surface area contributed by atoms with Gasteiger partial charge in [-0.05, 0) is 31.6 Å². The lowest BCUT2D eigenvalue weighted by Crippen LogP contribution is -2.40. The van der Waals surface area contributed by atoms with Crippen molar-refractivity contribution < 1.29 is 4.79 Å². The summed E-state index contributed by atoms with van der Waals surface area (Å²) in [6.45, 7) is 4.75. The fraction of sp³-hybridized carbons (Fsp3) is 0.909. The number of rotatable bonds is 6. The molecule has 1 atom stereocenters. The Kier molecular flexibility index (Phi) is 4.39.